The van der Waals surface area contributed by atoms with Gasteiger partial charge in [0.2, 0.25) is 0 Å². The number of alkyl halides is 3. The molecule has 0 radical (unpaired) electrons. The number of halogens is 4. The van der Waals surface area contributed by atoms with Gasteiger partial charge in [0.1, 0.15) is 19.0 Å². The topological polar surface area (TPSA) is 102 Å². The molecule has 0 saturated heterocycles. The summed E-state index contributed by atoms with van der Waals surface area (Å²) >= 11 is 5.84. The molecule has 2 aromatic heterocycles. The lowest BCUT2D eigenvalue weighted by Crippen LogP contribution is -2.27. The van der Waals surface area contributed by atoms with E-state index in [4.69, 9.17) is 16.7 Å². The molecule has 0 atom stereocenters. The number of aliphatic hydroxyl groups excluding tert-OH is 1. The molecule has 0 aliphatic carbocycles. The Balaban J connectivity index is 1.99. The van der Waals surface area contributed by atoms with Gasteiger partial charge in [-0.05, 0) is 24.3 Å². The first-order chi connectivity index (χ1) is 12.8. The van der Waals surface area contributed by atoms with Crippen LogP contribution in [0.2, 0.25) is 5.02 Å². The summed E-state index contributed by atoms with van der Waals surface area (Å²) < 4.78 is 39.9. The maximum absolute atomic E-state index is 12.6. The molecule has 3 aromatic rings. The Labute approximate surface area is 155 Å². The van der Waals surface area contributed by atoms with Crippen LogP contribution >= 0.6 is 11.6 Å². The molecular weight excluding hydrogens is 389 g/mol. The lowest BCUT2D eigenvalue weighted by molar-refractivity contribution is -0.136. The first-order valence-corrected chi connectivity index (χ1v) is 8.16. The number of H-pyrrole nitrogens is 1. The van der Waals surface area contributed by atoms with Crippen molar-refractivity contribution in [3.63, 3.8) is 0 Å². The quantitative estimate of drug-likeness (QED) is 0.656. The van der Waals surface area contributed by atoms with Gasteiger partial charge < -0.3 is 5.11 Å². The maximum Gasteiger partial charge on any atom is 0.390 e. The number of hydrogen-bond donors (Lipinski definition) is 2. The number of aromatic nitrogens is 6. The number of rotatable bonds is 6. The van der Waals surface area contributed by atoms with E-state index >= 15 is 0 Å². The molecule has 0 aliphatic rings. The van der Waals surface area contributed by atoms with Crippen molar-refractivity contribution >= 4 is 11.6 Å². The number of nitrogens with zero attached hydrogens (tertiary/aromatic N) is 5. The van der Waals surface area contributed by atoms with Crippen LogP contribution in [0.15, 0.2) is 29.1 Å². The summed E-state index contributed by atoms with van der Waals surface area (Å²) in [6.45, 7) is -1.09. The maximum atomic E-state index is 12.6. The molecule has 0 aliphatic heterocycles. The molecule has 144 valence electrons. The fourth-order valence-electron chi connectivity index (χ4n) is 2.41. The Bertz CT molecular complexity index is 977. The molecule has 0 unspecified atom stereocenters. The minimum atomic E-state index is -4.42. The summed E-state index contributed by atoms with van der Waals surface area (Å²) in [5.41, 5.74) is -0.266. The monoisotopic (exact) mass is 402 g/mol. The Kier molecular flexibility index (Phi) is 5.33. The molecule has 0 fully saturated rings. The molecule has 8 nitrogen and oxygen atoms in total. The van der Waals surface area contributed by atoms with Crippen LogP contribution in [-0.2, 0) is 19.7 Å². The van der Waals surface area contributed by atoms with Crippen molar-refractivity contribution in [1.82, 2.24) is 29.5 Å². The van der Waals surface area contributed by atoms with Gasteiger partial charge in [-0.15, -0.1) is 5.10 Å². The molecule has 0 spiro atoms. The summed E-state index contributed by atoms with van der Waals surface area (Å²) in [6.07, 6.45) is -5.59. The largest absolute Gasteiger partial charge is 0.390 e. The first kappa shape index (κ1) is 19.1. The number of hydrogen-bond acceptors (Lipinski definition) is 5. The normalized spacial score (nSPS) is 11.9. The highest BCUT2D eigenvalue weighted by atomic mass is 35.5. The average molecular weight is 403 g/mol. The lowest BCUT2D eigenvalue weighted by Gasteiger charge is -2.08. The zero-order chi connectivity index (χ0) is 19.6. The summed E-state index contributed by atoms with van der Waals surface area (Å²) in [4.78, 5) is 16.5. The summed E-state index contributed by atoms with van der Waals surface area (Å²) in [7, 11) is 0. The second kappa shape index (κ2) is 7.53. The zero-order valence-corrected chi connectivity index (χ0v) is 14.5. The molecule has 2 heterocycles. The van der Waals surface area contributed by atoms with Gasteiger partial charge in [0.05, 0.1) is 6.42 Å². The van der Waals surface area contributed by atoms with Gasteiger partial charge in [-0.2, -0.15) is 18.3 Å². The molecule has 27 heavy (non-hydrogen) atoms. The molecule has 0 saturated carbocycles. The third kappa shape index (κ3) is 4.55. The third-order valence-electron chi connectivity index (χ3n) is 3.66. The van der Waals surface area contributed by atoms with Crippen molar-refractivity contribution in [2.75, 3.05) is 0 Å². The number of benzene rings is 1. The van der Waals surface area contributed by atoms with Crippen molar-refractivity contribution in [3.8, 4) is 11.4 Å². The standard InChI is InChI=1S/C15H14ClF3N6O2/c16-10-3-1-9(2-4-10)13-23-25(7-11-20-12(8-26)22-21-11)14(27)24(13)6-5-15(17,18)19/h1-4,26H,5-8H2,(H,20,21,22). The van der Waals surface area contributed by atoms with Crippen LogP contribution in [0.4, 0.5) is 13.2 Å². The molecule has 1 aromatic carbocycles. The second-order valence-corrected chi connectivity index (χ2v) is 6.08. The zero-order valence-electron chi connectivity index (χ0n) is 13.7. The van der Waals surface area contributed by atoms with E-state index in [-0.39, 0.29) is 30.6 Å². The Morgan fingerprint density at radius 2 is 1.93 bits per heavy atom. The second-order valence-electron chi connectivity index (χ2n) is 5.64. The van der Waals surface area contributed by atoms with Gasteiger partial charge in [-0.25, -0.2) is 14.5 Å². The summed E-state index contributed by atoms with van der Waals surface area (Å²) in [5, 5.41) is 19.8. The highest BCUT2D eigenvalue weighted by Gasteiger charge is 2.28. The smallest absolute Gasteiger partial charge is 0.388 e. The molecule has 0 amide bonds. The minimum Gasteiger partial charge on any atom is -0.388 e. The molecular formula is C15H14ClF3N6O2. The Hall–Kier alpha value is -2.66. The van der Waals surface area contributed by atoms with Crippen LogP contribution in [0.3, 0.4) is 0 Å². The van der Waals surface area contributed by atoms with Gasteiger partial charge in [0.25, 0.3) is 0 Å². The van der Waals surface area contributed by atoms with Crippen molar-refractivity contribution in [1.29, 1.82) is 0 Å². The first-order valence-electron chi connectivity index (χ1n) is 7.78. The molecule has 2 N–H and O–H groups in total. The summed E-state index contributed by atoms with van der Waals surface area (Å²) in [5.74, 6) is 0.458. The molecule has 12 heteroatoms. The Morgan fingerprint density at radius 1 is 1.22 bits per heavy atom. The van der Waals surface area contributed by atoms with E-state index in [1.807, 2.05) is 0 Å². The van der Waals surface area contributed by atoms with Gasteiger partial charge in [-0.1, -0.05) is 11.6 Å². The van der Waals surface area contributed by atoms with E-state index < -0.39 is 24.8 Å². The van der Waals surface area contributed by atoms with Gasteiger partial charge in [-0.3, -0.25) is 9.67 Å². The highest BCUT2D eigenvalue weighted by molar-refractivity contribution is 6.30. The van der Waals surface area contributed by atoms with Crippen molar-refractivity contribution < 1.29 is 18.3 Å². The van der Waals surface area contributed by atoms with Crippen LogP contribution in [0.1, 0.15) is 18.1 Å². The van der Waals surface area contributed by atoms with Gasteiger partial charge in [0.15, 0.2) is 11.6 Å². The SMILES string of the molecule is O=c1n(Cc2nc(CO)n[nH]2)nc(-c2ccc(Cl)cc2)n1CCC(F)(F)F. The van der Waals surface area contributed by atoms with Crippen LogP contribution < -0.4 is 5.69 Å². The van der Waals surface area contributed by atoms with Crippen LogP contribution in [0.5, 0.6) is 0 Å². The van der Waals surface area contributed by atoms with Crippen molar-refractivity contribution in [2.45, 2.75) is 32.3 Å². The van der Waals surface area contributed by atoms with Gasteiger partial charge >= 0.3 is 11.9 Å². The lowest BCUT2D eigenvalue weighted by atomic mass is 10.2. The number of aliphatic hydroxyl groups is 1. The van der Waals surface area contributed by atoms with E-state index in [1.165, 1.54) is 0 Å². The predicted octanol–water partition coefficient (Wildman–Crippen LogP) is 1.98. The minimum absolute atomic E-state index is 0.0859. The van der Waals surface area contributed by atoms with E-state index in [1.54, 1.807) is 24.3 Å². The van der Waals surface area contributed by atoms with Gasteiger partial charge in [0, 0.05) is 17.1 Å². The van der Waals surface area contributed by atoms with Crippen molar-refractivity contribution in [3.05, 3.63) is 51.4 Å². The fraction of sp³-hybridized carbons (Fsp3) is 0.333. The number of nitrogens with one attached hydrogen (secondary N) is 1. The van der Waals surface area contributed by atoms with E-state index in [0.717, 1.165) is 9.25 Å². The van der Waals surface area contributed by atoms with E-state index in [0.29, 0.717) is 10.6 Å². The van der Waals surface area contributed by atoms with Crippen molar-refractivity contribution in [2.24, 2.45) is 0 Å². The number of aromatic amines is 1. The fourth-order valence-corrected chi connectivity index (χ4v) is 2.54. The molecule has 3 rings (SSSR count). The van der Waals surface area contributed by atoms with E-state index in [2.05, 4.69) is 20.3 Å². The highest BCUT2D eigenvalue weighted by Crippen LogP contribution is 2.23. The average Bonchev–Trinajstić information content (AvgIpc) is 3.19. The van der Waals surface area contributed by atoms with Crippen LogP contribution in [-0.4, -0.2) is 40.8 Å². The van der Waals surface area contributed by atoms with Crippen LogP contribution in [0.25, 0.3) is 11.4 Å². The summed E-state index contributed by atoms with van der Waals surface area (Å²) in [6, 6.07) is 6.24. The Morgan fingerprint density at radius 3 is 2.52 bits per heavy atom. The van der Waals surface area contributed by atoms with Crippen LogP contribution in [0, 0.1) is 0 Å². The molecule has 0 bridgehead atoms. The predicted molar refractivity (Wildman–Crippen MR) is 89.0 cm³/mol. The van der Waals surface area contributed by atoms with E-state index in [9.17, 15) is 18.0 Å². The third-order valence-corrected chi connectivity index (χ3v) is 3.92.